The molecule has 280 valence electrons. The summed E-state index contributed by atoms with van der Waals surface area (Å²) in [4.78, 5) is 62.1. The normalized spacial score (nSPS) is 17.3. The fraction of sp³-hybridized carbons (Fsp3) is 0.415. The number of likely N-dealkylation sites (tertiary alicyclic amines) is 2. The van der Waals surface area contributed by atoms with Crippen LogP contribution in [0.25, 0.3) is 22.4 Å². The molecule has 3 aromatic heterocycles. The first kappa shape index (κ1) is 37.7. The van der Waals surface area contributed by atoms with Gasteiger partial charge in [0.1, 0.15) is 29.0 Å². The van der Waals surface area contributed by atoms with Crippen molar-refractivity contribution in [1.82, 2.24) is 40.0 Å². The Kier molecular flexibility index (Phi) is 11.4. The molecule has 13 nitrogen and oxygen atoms in total. The number of nitrogens with zero attached hydrogens (tertiary/aromatic N) is 5. The number of carbonyl (C=O) groups is 3. The predicted molar refractivity (Wildman–Crippen MR) is 202 cm³/mol. The van der Waals surface area contributed by atoms with Gasteiger partial charge in [-0.25, -0.2) is 19.6 Å². The van der Waals surface area contributed by atoms with E-state index in [2.05, 4.69) is 48.9 Å². The van der Waals surface area contributed by atoms with Gasteiger partial charge in [0.15, 0.2) is 0 Å². The van der Waals surface area contributed by atoms with E-state index in [0.29, 0.717) is 30.4 Å². The van der Waals surface area contributed by atoms with Gasteiger partial charge in [-0.2, -0.15) is 0 Å². The fourth-order valence-electron chi connectivity index (χ4n) is 6.78. The first-order valence-corrected chi connectivity index (χ1v) is 18.2. The maximum atomic E-state index is 13.6. The molecule has 0 saturated carbocycles. The quantitative estimate of drug-likeness (QED) is 0.185. The summed E-state index contributed by atoms with van der Waals surface area (Å²) in [6.45, 7) is 10.5. The molecule has 54 heavy (non-hydrogen) atoms. The third kappa shape index (κ3) is 8.75. The molecular weight excluding hydrogens is 685 g/mol. The molecule has 2 fully saturated rings. The van der Waals surface area contributed by atoms with Gasteiger partial charge in [0.2, 0.25) is 5.91 Å². The van der Waals surface area contributed by atoms with Crippen molar-refractivity contribution in [3.8, 4) is 46.1 Å². The predicted octanol–water partition coefficient (Wildman–Crippen LogP) is 6.38. The Morgan fingerprint density at radius 3 is 2.31 bits per heavy atom. The summed E-state index contributed by atoms with van der Waals surface area (Å²) in [5.74, 6) is 13.3. The Morgan fingerprint density at radius 2 is 1.61 bits per heavy atom. The van der Waals surface area contributed by atoms with Crippen LogP contribution in [0, 0.1) is 29.6 Å². The highest BCUT2D eigenvalue weighted by atomic mass is 16.6. The van der Waals surface area contributed by atoms with Crippen molar-refractivity contribution in [2.75, 3.05) is 20.2 Å². The lowest BCUT2D eigenvalue weighted by Gasteiger charge is -2.30. The van der Waals surface area contributed by atoms with Gasteiger partial charge in [0.05, 0.1) is 37.3 Å². The number of benzene rings is 1. The molecule has 2 saturated heterocycles. The van der Waals surface area contributed by atoms with Crippen LogP contribution in [0.5, 0.6) is 0 Å². The number of hydrogen-bond donors (Lipinski definition) is 3. The molecular formula is C41H46N8O5. The molecule has 4 aromatic rings. The number of amides is 3. The molecule has 3 amide bonds. The van der Waals surface area contributed by atoms with Gasteiger partial charge >= 0.3 is 12.2 Å². The molecule has 3 N–H and O–H groups in total. The molecule has 0 spiro atoms. The summed E-state index contributed by atoms with van der Waals surface area (Å²) in [6, 6.07) is 8.66. The van der Waals surface area contributed by atoms with E-state index in [0.717, 1.165) is 53.6 Å². The average molecular weight is 731 g/mol. The lowest BCUT2D eigenvalue weighted by atomic mass is 9.97. The lowest BCUT2D eigenvalue weighted by Crippen LogP contribution is -2.51. The zero-order chi connectivity index (χ0) is 38.4. The Morgan fingerprint density at radius 1 is 0.907 bits per heavy atom. The zero-order valence-corrected chi connectivity index (χ0v) is 31.5. The van der Waals surface area contributed by atoms with Crippen LogP contribution in [0.15, 0.2) is 55.1 Å². The number of imidazole rings is 2. The van der Waals surface area contributed by atoms with Crippen molar-refractivity contribution in [3.05, 3.63) is 78.0 Å². The smallest absolute Gasteiger partial charge is 0.410 e. The molecule has 2 aliphatic heterocycles. The number of ether oxygens (including phenoxy) is 2. The summed E-state index contributed by atoms with van der Waals surface area (Å²) in [5.41, 5.74) is 4.27. The van der Waals surface area contributed by atoms with E-state index < -0.39 is 17.7 Å². The minimum absolute atomic E-state index is 0.123. The standard InChI is InChI=1S/C41H46N8O5/c1-26(2)35(47-39(51)53-6)38(50)48-20-10-15-33(48)37-44-25-32(46-37)28-18-17-27(31(22-28)29-13-9-19-42-23-29)12-7-8-14-30-24-43-36(45-30)34-16-11-21-49(34)40(52)54-41(3,4)5/h9,13,17-19,22-26,33-35H,10-11,15-16,20-21H2,1-6H3,(H,43,45)(H,44,46)(H,47,51)/t33-,34-,35-/m0/s1. The summed E-state index contributed by atoms with van der Waals surface area (Å²) in [6.07, 6.45) is 9.21. The molecule has 0 radical (unpaired) electrons. The summed E-state index contributed by atoms with van der Waals surface area (Å²) >= 11 is 0. The number of hydrogen-bond acceptors (Lipinski definition) is 8. The number of H-pyrrole nitrogens is 2. The number of pyridine rings is 1. The first-order valence-electron chi connectivity index (χ1n) is 18.2. The first-order chi connectivity index (χ1) is 25.9. The molecule has 6 rings (SSSR count). The van der Waals surface area contributed by atoms with Crippen LogP contribution < -0.4 is 5.32 Å². The van der Waals surface area contributed by atoms with Gasteiger partial charge in [0, 0.05) is 42.2 Å². The summed E-state index contributed by atoms with van der Waals surface area (Å²) < 4.78 is 10.4. The molecule has 5 heterocycles. The van der Waals surface area contributed by atoms with E-state index >= 15 is 0 Å². The Hall–Kier alpha value is -6.08. The van der Waals surface area contributed by atoms with Crippen LogP contribution in [-0.2, 0) is 14.3 Å². The van der Waals surface area contributed by atoms with Crippen molar-refractivity contribution < 1.29 is 23.9 Å². The van der Waals surface area contributed by atoms with Crippen molar-refractivity contribution in [2.45, 2.75) is 84.0 Å². The minimum atomic E-state index is -0.710. The molecule has 2 aliphatic rings. The van der Waals surface area contributed by atoms with Crippen molar-refractivity contribution in [1.29, 1.82) is 0 Å². The number of rotatable bonds is 7. The molecule has 1 aromatic carbocycles. The second-order valence-corrected chi connectivity index (χ2v) is 14.7. The second-order valence-electron chi connectivity index (χ2n) is 14.7. The maximum Gasteiger partial charge on any atom is 0.410 e. The van der Waals surface area contributed by atoms with Crippen LogP contribution in [0.3, 0.4) is 0 Å². The van der Waals surface area contributed by atoms with E-state index in [1.165, 1.54) is 7.11 Å². The summed E-state index contributed by atoms with van der Waals surface area (Å²) in [7, 11) is 1.28. The highest BCUT2D eigenvalue weighted by Crippen LogP contribution is 2.35. The maximum absolute atomic E-state index is 13.6. The van der Waals surface area contributed by atoms with Gasteiger partial charge in [-0.15, -0.1) is 0 Å². The molecule has 0 aliphatic carbocycles. The van der Waals surface area contributed by atoms with Crippen LogP contribution in [0.4, 0.5) is 9.59 Å². The Bertz CT molecular complexity index is 2110. The number of methoxy groups -OCH3 is 1. The van der Waals surface area contributed by atoms with Crippen molar-refractivity contribution in [2.24, 2.45) is 5.92 Å². The topological polar surface area (TPSA) is 158 Å². The monoisotopic (exact) mass is 730 g/mol. The fourth-order valence-corrected chi connectivity index (χ4v) is 6.78. The van der Waals surface area contributed by atoms with Gasteiger partial charge in [0.25, 0.3) is 0 Å². The van der Waals surface area contributed by atoms with Gasteiger partial charge in [-0.05, 0) is 93.9 Å². The number of alkyl carbamates (subject to hydrolysis) is 1. The number of aromatic nitrogens is 5. The van der Waals surface area contributed by atoms with Crippen molar-refractivity contribution in [3.63, 3.8) is 0 Å². The SMILES string of the molecule is COC(=O)N[C@H](C(=O)N1CCC[C@H]1c1ncc(-c2ccc(C#CC#Cc3cnc([C@@H]4CCCN4C(=O)OC(C)(C)C)[nH]3)c(-c3cccnc3)c2)[nH]1)C(C)C. The largest absolute Gasteiger partial charge is 0.453 e. The lowest BCUT2D eigenvalue weighted by molar-refractivity contribution is -0.135. The second kappa shape index (κ2) is 16.3. The summed E-state index contributed by atoms with van der Waals surface area (Å²) in [5, 5.41) is 2.69. The number of carbonyl (C=O) groups excluding carboxylic acids is 3. The average Bonchev–Trinajstić information content (AvgIpc) is 3.98. The van der Waals surface area contributed by atoms with Crippen LogP contribution in [0.1, 0.15) is 95.3 Å². The third-order valence-electron chi connectivity index (χ3n) is 9.39. The van der Waals surface area contributed by atoms with Crippen LogP contribution >= 0.6 is 0 Å². The zero-order valence-electron chi connectivity index (χ0n) is 31.5. The van der Waals surface area contributed by atoms with Gasteiger partial charge < -0.3 is 29.7 Å². The van der Waals surface area contributed by atoms with Crippen LogP contribution in [0.2, 0.25) is 0 Å². The molecule has 3 atom stereocenters. The third-order valence-corrected chi connectivity index (χ3v) is 9.39. The van der Waals surface area contributed by atoms with Crippen LogP contribution in [-0.4, -0.2) is 84.7 Å². The van der Waals surface area contributed by atoms with E-state index in [9.17, 15) is 14.4 Å². The van der Waals surface area contributed by atoms with E-state index in [1.54, 1.807) is 34.6 Å². The highest BCUT2D eigenvalue weighted by molar-refractivity contribution is 5.86. The Labute approximate surface area is 315 Å². The number of nitrogens with one attached hydrogen (secondary N) is 3. The number of aromatic amines is 2. The van der Waals surface area contributed by atoms with E-state index in [-0.39, 0.29) is 30.0 Å². The molecule has 0 bridgehead atoms. The van der Waals surface area contributed by atoms with Crippen molar-refractivity contribution >= 4 is 18.1 Å². The minimum Gasteiger partial charge on any atom is -0.453 e. The van der Waals surface area contributed by atoms with E-state index in [1.807, 2.05) is 65.0 Å². The van der Waals surface area contributed by atoms with Gasteiger partial charge in [-0.3, -0.25) is 14.7 Å². The Balaban J connectivity index is 1.20. The van der Waals surface area contributed by atoms with E-state index in [4.69, 9.17) is 14.5 Å². The molecule has 13 heteroatoms. The van der Waals surface area contributed by atoms with Gasteiger partial charge in [-0.1, -0.05) is 31.9 Å². The highest BCUT2D eigenvalue weighted by Gasteiger charge is 2.38. The molecule has 0 unspecified atom stereocenters.